The molecule has 0 aliphatic carbocycles. The van der Waals surface area contributed by atoms with E-state index in [1.54, 1.807) is 0 Å². The lowest BCUT2D eigenvalue weighted by atomic mass is 10.1. The molecule has 2 nitrogen and oxygen atoms in total. The van der Waals surface area contributed by atoms with E-state index >= 15 is 0 Å². The number of hydrogen-bond acceptors (Lipinski definition) is 2. The largest absolute Gasteiger partial charge is 0.361 e. The summed E-state index contributed by atoms with van der Waals surface area (Å²) in [5.41, 5.74) is 2.99. The third-order valence-corrected chi connectivity index (χ3v) is 1.46. The van der Waals surface area contributed by atoms with Gasteiger partial charge in [0.15, 0.2) is 0 Å². The summed E-state index contributed by atoms with van der Waals surface area (Å²) in [7, 11) is 0. The highest BCUT2D eigenvalue weighted by Crippen LogP contribution is 2.19. The van der Waals surface area contributed by atoms with Crippen molar-refractivity contribution in [3.8, 4) is 0 Å². The molecule has 1 aromatic heterocycles. The first-order valence-corrected chi connectivity index (χ1v) is 3.21. The van der Waals surface area contributed by atoms with Crippen LogP contribution in [0.3, 0.4) is 0 Å². The van der Waals surface area contributed by atoms with Gasteiger partial charge >= 0.3 is 0 Å². The third kappa shape index (κ3) is 0.967. The first kappa shape index (κ1) is 7.06. The van der Waals surface area contributed by atoms with Crippen LogP contribution in [0.25, 0.3) is 5.57 Å². The molecule has 1 heterocycles. The van der Waals surface area contributed by atoms with E-state index < -0.39 is 0 Å². The molecule has 2 heteroatoms. The fourth-order valence-electron chi connectivity index (χ4n) is 1.09. The molecule has 0 amide bonds. The molecule has 1 rings (SSSR count). The topological polar surface area (TPSA) is 26.0 Å². The van der Waals surface area contributed by atoms with Crippen LogP contribution in [0.4, 0.5) is 0 Å². The van der Waals surface area contributed by atoms with Gasteiger partial charge in [-0.3, -0.25) is 0 Å². The smallest absolute Gasteiger partial charge is 0.141 e. The summed E-state index contributed by atoms with van der Waals surface area (Å²) in [5, 5.41) is 3.80. The van der Waals surface area contributed by atoms with Crippen molar-refractivity contribution >= 4 is 5.57 Å². The second-order valence-corrected chi connectivity index (χ2v) is 2.48. The Morgan fingerprint density at radius 2 is 2.10 bits per heavy atom. The lowest BCUT2D eigenvalue weighted by Crippen LogP contribution is -1.80. The molecule has 0 aromatic carbocycles. The van der Waals surface area contributed by atoms with Crippen LogP contribution in [0.15, 0.2) is 11.1 Å². The van der Waals surface area contributed by atoms with Crippen molar-refractivity contribution in [2.45, 2.75) is 20.8 Å². The molecule has 0 fully saturated rings. The normalized spacial score (nSPS) is 9.90. The van der Waals surface area contributed by atoms with Crippen LogP contribution in [0.1, 0.15) is 23.9 Å². The summed E-state index contributed by atoms with van der Waals surface area (Å²) < 4.78 is 4.95. The van der Waals surface area contributed by atoms with Gasteiger partial charge in [-0.15, -0.1) is 0 Å². The molecule has 10 heavy (non-hydrogen) atoms. The summed E-state index contributed by atoms with van der Waals surface area (Å²) in [6, 6.07) is 0. The number of hydrogen-bond donors (Lipinski definition) is 0. The molecule has 0 N–H and O–H groups in total. The molecule has 0 bridgehead atoms. The maximum absolute atomic E-state index is 4.95. The van der Waals surface area contributed by atoms with Gasteiger partial charge in [0, 0.05) is 5.56 Å². The average Bonchev–Trinajstić information content (AvgIpc) is 2.11. The fraction of sp³-hybridized carbons (Fsp3) is 0.375. The monoisotopic (exact) mass is 137 g/mol. The van der Waals surface area contributed by atoms with E-state index in [0.717, 1.165) is 22.6 Å². The molecule has 1 aromatic rings. The summed E-state index contributed by atoms with van der Waals surface area (Å²) in [6.45, 7) is 9.58. The molecule has 0 aliphatic heterocycles. The first-order chi connectivity index (χ1) is 4.63. The third-order valence-electron chi connectivity index (χ3n) is 1.46. The molecule has 0 radical (unpaired) electrons. The minimum absolute atomic E-state index is 0.852. The first-order valence-electron chi connectivity index (χ1n) is 3.21. The molecule has 0 unspecified atom stereocenters. The highest BCUT2D eigenvalue weighted by Gasteiger charge is 2.07. The van der Waals surface area contributed by atoms with Crippen molar-refractivity contribution in [1.82, 2.24) is 5.16 Å². The summed E-state index contributed by atoms with van der Waals surface area (Å²) in [6.07, 6.45) is 0. The van der Waals surface area contributed by atoms with Gasteiger partial charge in [-0.05, 0) is 26.3 Å². The highest BCUT2D eigenvalue weighted by atomic mass is 16.5. The fourth-order valence-corrected chi connectivity index (χ4v) is 1.09. The average molecular weight is 137 g/mol. The Morgan fingerprint density at radius 3 is 2.30 bits per heavy atom. The number of nitrogens with zero attached hydrogens (tertiary/aromatic N) is 1. The van der Waals surface area contributed by atoms with Gasteiger partial charge < -0.3 is 4.52 Å². The summed E-state index contributed by atoms with van der Waals surface area (Å²) in [5.74, 6) is 0.852. The molecule has 54 valence electrons. The second-order valence-electron chi connectivity index (χ2n) is 2.48. The van der Waals surface area contributed by atoms with E-state index in [0.29, 0.717) is 0 Å². The predicted octanol–water partition coefficient (Wildman–Crippen LogP) is 2.32. The lowest BCUT2D eigenvalue weighted by molar-refractivity contribution is 0.393. The summed E-state index contributed by atoms with van der Waals surface area (Å²) in [4.78, 5) is 0. The lowest BCUT2D eigenvalue weighted by Gasteiger charge is -1.93. The van der Waals surface area contributed by atoms with Crippen molar-refractivity contribution in [2.24, 2.45) is 0 Å². The van der Waals surface area contributed by atoms with Gasteiger partial charge in [-0.1, -0.05) is 11.7 Å². The van der Waals surface area contributed by atoms with Crippen molar-refractivity contribution in [3.05, 3.63) is 23.6 Å². The minimum Gasteiger partial charge on any atom is -0.361 e. The maximum atomic E-state index is 4.95. The number of rotatable bonds is 1. The molecule has 0 saturated heterocycles. The maximum Gasteiger partial charge on any atom is 0.141 e. The molecule has 0 atom stereocenters. The zero-order valence-electron chi connectivity index (χ0n) is 6.56. The van der Waals surface area contributed by atoms with Crippen molar-refractivity contribution < 1.29 is 4.52 Å². The number of allylic oxidation sites excluding steroid dienone is 1. The van der Waals surface area contributed by atoms with E-state index in [1.165, 1.54) is 0 Å². The van der Waals surface area contributed by atoms with Gasteiger partial charge in [0.25, 0.3) is 0 Å². The van der Waals surface area contributed by atoms with E-state index in [2.05, 4.69) is 11.7 Å². The number of aromatic nitrogens is 1. The predicted molar refractivity (Wildman–Crippen MR) is 40.7 cm³/mol. The van der Waals surface area contributed by atoms with Crippen LogP contribution in [-0.2, 0) is 0 Å². The van der Waals surface area contributed by atoms with Gasteiger partial charge in [-0.2, -0.15) is 0 Å². The zero-order valence-corrected chi connectivity index (χ0v) is 6.56. The molecule has 0 spiro atoms. The van der Waals surface area contributed by atoms with Gasteiger partial charge in [0.05, 0.1) is 5.69 Å². The van der Waals surface area contributed by atoms with Crippen molar-refractivity contribution in [3.63, 3.8) is 0 Å². The Morgan fingerprint density at radius 1 is 1.50 bits per heavy atom. The Balaban J connectivity index is 3.23. The van der Waals surface area contributed by atoms with E-state index in [4.69, 9.17) is 4.52 Å². The zero-order chi connectivity index (χ0) is 7.72. The van der Waals surface area contributed by atoms with E-state index in [-0.39, 0.29) is 0 Å². The van der Waals surface area contributed by atoms with Crippen molar-refractivity contribution in [2.75, 3.05) is 0 Å². The molecular weight excluding hydrogens is 126 g/mol. The highest BCUT2D eigenvalue weighted by molar-refractivity contribution is 5.64. The molecular formula is C8H11NO. The van der Waals surface area contributed by atoms with Gasteiger partial charge in [-0.25, -0.2) is 0 Å². The Labute approximate surface area is 60.5 Å². The SMILES string of the molecule is C=C(C)c1c(C)noc1C. The Kier molecular flexibility index (Phi) is 1.62. The second kappa shape index (κ2) is 2.29. The van der Waals surface area contributed by atoms with Crippen LogP contribution in [0.2, 0.25) is 0 Å². The van der Waals surface area contributed by atoms with E-state index in [1.807, 2.05) is 20.8 Å². The minimum atomic E-state index is 0.852. The molecule has 0 saturated carbocycles. The van der Waals surface area contributed by atoms with Crippen LogP contribution in [0.5, 0.6) is 0 Å². The Hall–Kier alpha value is -1.05. The van der Waals surface area contributed by atoms with Crippen LogP contribution in [-0.4, -0.2) is 5.16 Å². The Bertz CT molecular complexity index is 241. The van der Waals surface area contributed by atoms with Crippen LogP contribution < -0.4 is 0 Å². The molecule has 0 aliphatic rings. The van der Waals surface area contributed by atoms with Gasteiger partial charge in [0.2, 0.25) is 0 Å². The van der Waals surface area contributed by atoms with Crippen LogP contribution >= 0.6 is 0 Å². The van der Waals surface area contributed by atoms with E-state index in [9.17, 15) is 0 Å². The quantitative estimate of drug-likeness (QED) is 0.593. The van der Waals surface area contributed by atoms with Crippen LogP contribution in [0, 0.1) is 13.8 Å². The van der Waals surface area contributed by atoms with Crippen molar-refractivity contribution in [1.29, 1.82) is 0 Å². The van der Waals surface area contributed by atoms with Gasteiger partial charge in [0.1, 0.15) is 5.76 Å². The number of aryl methyl sites for hydroxylation is 2. The standard InChI is InChI=1S/C8H11NO/c1-5(2)8-6(3)9-10-7(8)4/h1H2,2-4H3. The summed E-state index contributed by atoms with van der Waals surface area (Å²) >= 11 is 0.